The molecular formula is C8H18O5. The Morgan fingerprint density at radius 3 is 2.00 bits per heavy atom. The standard InChI is InChI=1S/C6H10O5.2CH4/c1-2-10-5(8)3-6(9)11-4-7;;/h7H,2-4H2,1H3;2*1H4. The minimum Gasteiger partial charge on any atom is -0.466 e. The monoisotopic (exact) mass is 194 g/mol. The number of hydrogen-bond donors (Lipinski definition) is 1. The molecule has 0 spiro atoms. The van der Waals surface area contributed by atoms with Crippen LogP contribution in [0.4, 0.5) is 0 Å². The number of ether oxygens (including phenoxy) is 2. The summed E-state index contributed by atoms with van der Waals surface area (Å²) in [6, 6.07) is 0. The Morgan fingerprint density at radius 1 is 1.15 bits per heavy atom. The minimum absolute atomic E-state index is 0. The molecule has 1 N–H and O–H groups in total. The third-order valence-electron chi connectivity index (χ3n) is 0.820. The van der Waals surface area contributed by atoms with Gasteiger partial charge in [0.1, 0.15) is 6.42 Å². The lowest BCUT2D eigenvalue weighted by molar-refractivity contribution is -0.159. The molecule has 0 aliphatic rings. The van der Waals surface area contributed by atoms with Crippen LogP contribution in [-0.2, 0) is 19.1 Å². The average Bonchev–Trinajstić information content (AvgIpc) is 1.87. The van der Waals surface area contributed by atoms with Gasteiger partial charge in [-0.2, -0.15) is 0 Å². The highest BCUT2D eigenvalue weighted by Gasteiger charge is 2.10. The predicted molar refractivity (Wildman–Crippen MR) is 47.9 cm³/mol. The minimum atomic E-state index is -0.786. The number of carbonyl (C=O) groups is 2. The Kier molecular flexibility index (Phi) is 15.0. The molecule has 13 heavy (non-hydrogen) atoms. The van der Waals surface area contributed by atoms with E-state index < -0.39 is 25.2 Å². The van der Waals surface area contributed by atoms with E-state index in [0.29, 0.717) is 0 Å². The normalized spacial score (nSPS) is 7.54. The number of carbonyl (C=O) groups excluding carboxylic acids is 2. The third kappa shape index (κ3) is 10.9. The van der Waals surface area contributed by atoms with E-state index in [4.69, 9.17) is 5.11 Å². The molecule has 0 aliphatic heterocycles. The lowest BCUT2D eigenvalue weighted by Crippen LogP contribution is -2.13. The quantitative estimate of drug-likeness (QED) is 0.405. The first-order valence-corrected chi connectivity index (χ1v) is 3.12. The van der Waals surface area contributed by atoms with Gasteiger partial charge in [0.15, 0.2) is 6.79 Å². The summed E-state index contributed by atoms with van der Waals surface area (Å²) in [6.07, 6.45) is -0.450. The summed E-state index contributed by atoms with van der Waals surface area (Å²) >= 11 is 0. The van der Waals surface area contributed by atoms with Gasteiger partial charge in [-0.25, -0.2) is 0 Å². The van der Waals surface area contributed by atoms with Crippen molar-refractivity contribution < 1.29 is 24.2 Å². The molecule has 0 saturated carbocycles. The maximum absolute atomic E-state index is 10.5. The molecule has 5 nitrogen and oxygen atoms in total. The van der Waals surface area contributed by atoms with E-state index in [1.807, 2.05) is 0 Å². The molecule has 0 rings (SSSR count). The van der Waals surface area contributed by atoms with Crippen molar-refractivity contribution in [2.24, 2.45) is 0 Å². The van der Waals surface area contributed by atoms with Crippen molar-refractivity contribution in [1.29, 1.82) is 0 Å². The number of hydrogen-bond acceptors (Lipinski definition) is 5. The van der Waals surface area contributed by atoms with Gasteiger partial charge >= 0.3 is 11.9 Å². The van der Waals surface area contributed by atoms with Crippen LogP contribution in [-0.4, -0.2) is 30.4 Å². The summed E-state index contributed by atoms with van der Waals surface area (Å²) in [4.78, 5) is 21.0. The van der Waals surface area contributed by atoms with Crippen molar-refractivity contribution in [2.45, 2.75) is 28.2 Å². The second-order valence-corrected chi connectivity index (χ2v) is 1.63. The topological polar surface area (TPSA) is 72.8 Å². The maximum atomic E-state index is 10.5. The zero-order valence-electron chi connectivity index (χ0n) is 6.20. The highest BCUT2D eigenvalue weighted by atomic mass is 16.6. The smallest absolute Gasteiger partial charge is 0.319 e. The van der Waals surface area contributed by atoms with Crippen LogP contribution < -0.4 is 0 Å². The molecule has 5 heteroatoms. The predicted octanol–water partition coefficient (Wildman–Crippen LogP) is 0.705. The summed E-state index contributed by atoms with van der Waals surface area (Å²) in [5.41, 5.74) is 0. The SMILES string of the molecule is C.C.CCOC(=O)CC(=O)OCO. The van der Waals surface area contributed by atoms with Gasteiger partial charge in [0.2, 0.25) is 0 Å². The fourth-order valence-electron chi connectivity index (χ4n) is 0.453. The zero-order chi connectivity index (χ0) is 8.69. The van der Waals surface area contributed by atoms with Crippen LogP contribution in [0.25, 0.3) is 0 Å². The fourth-order valence-corrected chi connectivity index (χ4v) is 0.453. The first-order chi connectivity index (χ1) is 5.20. The average molecular weight is 194 g/mol. The summed E-state index contributed by atoms with van der Waals surface area (Å²) in [5, 5.41) is 8.08. The van der Waals surface area contributed by atoms with E-state index >= 15 is 0 Å². The van der Waals surface area contributed by atoms with Gasteiger partial charge < -0.3 is 14.6 Å². The molecule has 0 unspecified atom stereocenters. The third-order valence-corrected chi connectivity index (χ3v) is 0.820. The van der Waals surface area contributed by atoms with Gasteiger partial charge in [-0.05, 0) is 6.92 Å². The Morgan fingerprint density at radius 2 is 1.62 bits per heavy atom. The van der Waals surface area contributed by atoms with Crippen LogP contribution in [0.1, 0.15) is 28.2 Å². The molecule has 80 valence electrons. The molecule has 0 aromatic carbocycles. The van der Waals surface area contributed by atoms with Crippen LogP contribution in [0, 0.1) is 0 Å². The summed E-state index contributed by atoms with van der Waals surface area (Å²) < 4.78 is 8.51. The van der Waals surface area contributed by atoms with Crippen LogP contribution in [0.2, 0.25) is 0 Å². The largest absolute Gasteiger partial charge is 0.466 e. The van der Waals surface area contributed by atoms with Crippen LogP contribution in [0.15, 0.2) is 0 Å². The fraction of sp³-hybridized carbons (Fsp3) is 0.750. The van der Waals surface area contributed by atoms with E-state index in [1.54, 1.807) is 6.92 Å². The van der Waals surface area contributed by atoms with Crippen molar-refractivity contribution in [2.75, 3.05) is 13.4 Å². The molecule has 0 aliphatic carbocycles. The number of aliphatic hydroxyl groups excluding tert-OH is 1. The van der Waals surface area contributed by atoms with E-state index in [9.17, 15) is 9.59 Å². The van der Waals surface area contributed by atoms with Crippen molar-refractivity contribution >= 4 is 11.9 Å². The van der Waals surface area contributed by atoms with Crippen molar-refractivity contribution in [3.8, 4) is 0 Å². The molecule has 0 aromatic heterocycles. The maximum Gasteiger partial charge on any atom is 0.319 e. The van der Waals surface area contributed by atoms with Gasteiger partial charge in [-0.15, -0.1) is 0 Å². The van der Waals surface area contributed by atoms with Gasteiger partial charge in [-0.1, -0.05) is 14.9 Å². The second-order valence-electron chi connectivity index (χ2n) is 1.63. The lowest BCUT2D eigenvalue weighted by Gasteiger charge is -2.00. The number of aliphatic hydroxyl groups is 1. The summed E-state index contributed by atoms with van der Waals surface area (Å²) in [7, 11) is 0. The first-order valence-electron chi connectivity index (χ1n) is 3.12. The molecule has 0 bridgehead atoms. The van der Waals surface area contributed by atoms with Crippen molar-refractivity contribution in [1.82, 2.24) is 0 Å². The van der Waals surface area contributed by atoms with Crippen LogP contribution in [0.3, 0.4) is 0 Å². The number of esters is 2. The Hall–Kier alpha value is -1.10. The highest BCUT2D eigenvalue weighted by Crippen LogP contribution is 1.89. The first kappa shape index (κ1) is 17.8. The highest BCUT2D eigenvalue weighted by molar-refractivity contribution is 5.91. The van der Waals surface area contributed by atoms with Crippen LogP contribution >= 0.6 is 0 Å². The summed E-state index contributed by atoms with van der Waals surface area (Å²) in [5.74, 6) is -1.43. The van der Waals surface area contributed by atoms with Gasteiger partial charge in [0.25, 0.3) is 0 Å². The van der Waals surface area contributed by atoms with Crippen molar-refractivity contribution in [3.63, 3.8) is 0 Å². The summed E-state index contributed by atoms with van der Waals surface area (Å²) in [6.45, 7) is 1.15. The molecule has 0 atom stereocenters. The van der Waals surface area contributed by atoms with Gasteiger partial charge in [0, 0.05) is 0 Å². The molecule has 0 radical (unpaired) electrons. The van der Waals surface area contributed by atoms with E-state index in [1.165, 1.54) is 0 Å². The Bertz CT molecular complexity index is 127. The molecule has 0 aromatic rings. The second kappa shape index (κ2) is 10.9. The van der Waals surface area contributed by atoms with E-state index in [-0.39, 0.29) is 21.5 Å². The van der Waals surface area contributed by atoms with E-state index in [2.05, 4.69) is 9.47 Å². The zero-order valence-corrected chi connectivity index (χ0v) is 6.20. The molecule has 0 saturated heterocycles. The lowest BCUT2D eigenvalue weighted by atomic mass is 10.4. The van der Waals surface area contributed by atoms with Crippen molar-refractivity contribution in [3.05, 3.63) is 0 Å². The van der Waals surface area contributed by atoms with Gasteiger partial charge in [0.05, 0.1) is 6.61 Å². The molecule has 0 heterocycles. The van der Waals surface area contributed by atoms with E-state index in [0.717, 1.165) is 0 Å². The Labute approximate surface area is 78.6 Å². The molecular weight excluding hydrogens is 176 g/mol. The van der Waals surface area contributed by atoms with Gasteiger partial charge in [-0.3, -0.25) is 9.59 Å². The van der Waals surface area contributed by atoms with Crippen LogP contribution in [0.5, 0.6) is 0 Å². The molecule has 0 amide bonds. The Balaban J connectivity index is -0.000000500. The number of rotatable bonds is 4. The molecule has 0 fully saturated rings.